The van der Waals surface area contributed by atoms with Crippen LogP contribution >= 0.6 is 0 Å². The highest BCUT2D eigenvalue weighted by atomic mass is 16.1. The number of carbonyl (C=O) groups excluding carboxylic acids is 1. The minimum atomic E-state index is 0.354. The molecule has 29 heavy (non-hydrogen) atoms. The molecule has 0 unspecified atom stereocenters. The van der Waals surface area contributed by atoms with Crippen molar-refractivity contribution in [1.29, 1.82) is 0 Å². The average molecular weight is 399 g/mol. The van der Waals surface area contributed by atoms with E-state index >= 15 is 0 Å². The highest BCUT2D eigenvalue weighted by molar-refractivity contribution is 5.79. The zero-order valence-corrected chi connectivity index (χ0v) is 20.4. The fourth-order valence-electron chi connectivity index (χ4n) is 11.6. The van der Waals surface area contributed by atoms with E-state index in [2.05, 4.69) is 41.5 Å². The number of hydrogen-bond donors (Lipinski definition) is 0. The molecule has 0 amide bonds. The largest absolute Gasteiger partial charge is 0.300 e. The zero-order chi connectivity index (χ0) is 21.0. The summed E-state index contributed by atoms with van der Waals surface area (Å²) in [6, 6.07) is 0. The SMILES string of the molecule is CC(=O)[C@@H]1CC[C@]2(C)C[C@]3(C)[C@H](CC[C@@H]4[C@@]5(C)CCCC(C)(C)[C@@H]5CC[C@]43C)[C@@H]12. The zero-order valence-electron chi connectivity index (χ0n) is 20.4. The Bertz CT molecular complexity index is 722. The third-order valence-corrected chi connectivity index (χ3v) is 12.7. The monoisotopic (exact) mass is 398 g/mol. The molecule has 0 spiro atoms. The van der Waals surface area contributed by atoms with Gasteiger partial charge in [0.2, 0.25) is 0 Å². The summed E-state index contributed by atoms with van der Waals surface area (Å²) in [6.45, 7) is 17.7. The highest BCUT2D eigenvalue weighted by Crippen LogP contribution is 2.79. The predicted octanol–water partition coefficient (Wildman–Crippen LogP) is 7.68. The van der Waals surface area contributed by atoms with Gasteiger partial charge in [0.05, 0.1) is 0 Å². The molecule has 0 heterocycles. The molecule has 5 aliphatic rings. The molecule has 0 aromatic heterocycles. The van der Waals surface area contributed by atoms with E-state index in [0.717, 1.165) is 24.2 Å². The normalized spacial score (nSPS) is 58.1. The Morgan fingerprint density at radius 2 is 1.48 bits per heavy atom. The summed E-state index contributed by atoms with van der Waals surface area (Å²) in [5.41, 5.74) is 2.35. The van der Waals surface area contributed by atoms with Crippen LogP contribution in [0.25, 0.3) is 0 Å². The summed E-state index contributed by atoms with van der Waals surface area (Å²) in [5.74, 6) is 4.07. The molecular weight excluding hydrogens is 352 g/mol. The predicted molar refractivity (Wildman–Crippen MR) is 121 cm³/mol. The minimum absolute atomic E-state index is 0.354. The van der Waals surface area contributed by atoms with E-state index in [-0.39, 0.29) is 0 Å². The number of fused-ring (bicyclic) bond motifs is 7. The van der Waals surface area contributed by atoms with Gasteiger partial charge in [-0.25, -0.2) is 0 Å². The van der Waals surface area contributed by atoms with Gasteiger partial charge in [0.15, 0.2) is 0 Å². The number of hydrogen-bond acceptors (Lipinski definition) is 1. The first-order chi connectivity index (χ1) is 13.4. The van der Waals surface area contributed by atoms with Gasteiger partial charge < -0.3 is 0 Å². The third-order valence-electron chi connectivity index (χ3n) is 12.7. The molecule has 164 valence electrons. The lowest BCUT2D eigenvalue weighted by Crippen LogP contribution is -2.62. The second kappa shape index (κ2) is 5.92. The molecule has 0 aliphatic heterocycles. The van der Waals surface area contributed by atoms with E-state index in [1.54, 1.807) is 0 Å². The smallest absolute Gasteiger partial charge is 0.133 e. The molecule has 5 aliphatic carbocycles. The van der Waals surface area contributed by atoms with Gasteiger partial charge in [0, 0.05) is 5.92 Å². The maximum Gasteiger partial charge on any atom is 0.133 e. The maximum atomic E-state index is 12.6. The molecule has 0 radical (unpaired) electrons. The Hall–Kier alpha value is -0.330. The van der Waals surface area contributed by atoms with Crippen molar-refractivity contribution in [3.8, 4) is 0 Å². The molecule has 0 N–H and O–H groups in total. The van der Waals surface area contributed by atoms with Crippen molar-refractivity contribution in [2.75, 3.05) is 0 Å². The maximum absolute atomic E-state index is 12.6. The van der Waals surface area contributed by atoms with E-state index < -0.39 is 0 Å². The Kier molecular flexibility index (Phi) is 4.20. The quantitative estimate of drug-likeness (QED) is 0.442. The molecule has 0 aromatic rings. The van der Waals surface area contributed by atoms with Crippen molar-refractivity contribution in [2.45, 2.75) is 113 Å². The number of Topliss-reactive ketones (excluding diaryl/α,β-unsaturated/α-hetero) is 1. The molecule has 5 saturated carbocycles. The van der Waals surface area contributed by atoms with E-state index in [9.17, 15) is 4.79 Å². The van der Waals surface area contributed by atoms with Gasteiger partial charge in [-0.2, -0.15) is 0 Å². The molecule has 0 saturated heterocycles. The van der Waals surface area contributed by atoms with E-state index in [1.165, 1.54) is 57.8 Å². The van der Waals surface area contributed by atoms with Crippen LogP contribution < -0.4 is 0 Å². The summed E-state index contributed by atoms with van der Waals surface area (Å²) < 4.78 is 0. The third kappa shape index (κ3) is 2.37. The fraction of sp³-hybridized carbons (Fsp3) is 0.964. The highest BCUT2D eigenvalue weighted by Gasteiger charge is 2.72. The van der Waals surface area contributed by atoms with Gasteiger partial charge in [-0.1, -0.05) is 48.0 Å². The van der Waals surface area contributed by atoms with Gasteiger partial charge in [-0.3, -0.25) is 4.79 Å². The van der Waals surface area contributed by atoms with Gasteiger partial charge in [-0.15, -0.1) is 0 Å². The fourth-order valence-corrected chi connectivity index (χ4v) is 11.6. The van der Waals surface area contributed by atoms with Crippen LogP contribution in [-0.2, 0) is 4.79 Å². The van der Waals surface area contributed by atoms with Crippen molar-refractivity contribution in [2.24, 2.45) is 56.7 Å². The van der Waals surface area contributed by atoms with Crippen LogP contribution in [-0.4, -0.2) is 5.78 Å². The first-order valence-corrected chi connectivity index (χ1v) is 12.9. The van der Waals surface area contributed by atoms with Gasteiger partial charge >= 0.3 is 0 Å². The molecule has 1 nitrogen and oxygen atoms in total. The Morgan fingerprint density at radius 1 is 0.759 bits per heavy atom. The topological polar surface area (TPSA) is 17.1 Å². The molecule has 9 atom stereocenters. The molecular formula is C28H46O. The van der Waals surface area contributed by atoms with Crippen molar-refractivity contribution >= 4 is 5.78 Å². The molecule has 5 rings (SSSR count). The second-order valence-corrected chi connectivity index (χ2v) is 14.1. The van der Waals surface area contributed by atoms with Crippen LogP contribution in [0, 0.1) is 56.7 Å². The van der Waals surface area contributed by atoms with Gasteiger partial charge in [0.1, 0.15) is 5.78 Å². The standard InChI is InChI=1S/C28H46O/c1-18(29)19-11-15-25(4)17-28(7)20(23(19)25)9-10-22-26(5)14-8-13-24(2,3)21(26)12-16-27(22,28)6/h19-23H,8-17H2,1-7H3/t19-,20+,21-,22+,23+,25+,26-,27+,28+/m0/s1. The Balaban J connectivity index is 1.56. The average Bonchev–Trinajstić information content (AvgIpc) is 3.03. The molecule has 0 aromatic carbocycles. The lowest BCUT2D eigenvalue weighted by molar-refractivity contribution is -0.204. The van der Waals surface area contributed by atoms with E-state index in [4.69, 9.17) is 0 Å². The Morgan fingerprint density at radius 3 is 2.17 bits per heavy atom. The van der Waals surface area contributed by atoms with E-state index in [0.29, 0.717) is 44.7 Å². The van der Waals surface area contributed by atoms with Crippen LogP contribution in [0.2, 0.25) is 0 Å². The molecule has 0 bridgehead atoms. The second-order valence-electron chi connectivity index (χ2n) is 14.1. The van der Waals surface area contributed by atoms with Crippen molar-refractivity contribution in [3.05, 3.63) is 0 Å². The number of ketones is 1. The number of carbonyl (C=O) groups is 1. The Labute approximate surface area is 180 Å². The number of rotatable bonds is 1. The van der Waals surface area contributed by atoms with Crippen LogP contribution in [0.5, 0.6) is 0 Å². The first kappa shape index (κ1) is 20.6. The van der Waals surface area contributed by atoms with Crippen molar-refractivity contribution in [3.63, 3.8) is 0 Å². The van der Waals surface area contributed by atoms with Gasteiger partial charge in [0.25, 0.3) is 0 Å². The first-order valence-electron chi connectivity index (χ1n) is 12.9. The lowest BCUT2D eigenvalue weighted by atomic mass is 9.35. The van der Waals surface area contributed by atoms with E-state index in [1.807, 2.05) is 6.92 Å². The summed E-state index contributed by atoms with van der Waals surface area (Å²) in [5, 5.41) is 0. The summed E-state index contributed by atoms with van der Waals surface area (Å²) in [4.78, 5) is 12.6. The molecule has 1 heteroatoms. The summed E-state index contributed by atoms with van der Waals surface area (Å²) in [7, 11) is 0. The summed E-state index contributed by atoms with van der Waals surface area (Å²) >= 11 is 0. The van der Waals surface area contributed by atoms with Crippen molar-refractivity contribution < 1.29 is 4.79 Å². The van der Waals surface area contributed by atoms with Crippen LogP contribution in [0.15, 0.2) is 0 Å². The molecule has 5 fully saturated rings. The van der Waals surface area contributed by atoms with Crippen LogP contribution in [0.1, 0.15) is 113 Å². The lowest BCUT2D eigenvalue weighted by Gasteiger charge is -2.69. The summed E-state index contributed by atoms with van der Waals surface area (Å²) in [6.07, 6.45) is 13.9. The van der Waals surface area contributed by atoms with Crippen LogP contribution in [0.3, 0.4) is 0 Å². The van der Waals surface area contributed by atoms with Crippen molar-refractivity contribution in [1.82, 2.24) is 0 Å². The van der Waals surface area contributed by atoms with Gasteiger partial charge in [-0.05, 0) is 115 Å². The van der Waals surface area contributed by atoms with Crippen LogP contribution in [0.4, 0.5) is 0 Å². The minimum Gasteiger partial charge on any atom is -0.300 e.